The fraction of sp³-hybridized carbons (Fsp3) is 0.625. The third-order valence-corrected chi connectivity index (χ3v) is 4.81. The summed E-state index contributed by atoms with van der Waals surface area (Å²) in [6, 6.07) is 6.81. The summed E-state index contributed by atoms with van der Waals surface area (Å²) in [6.07, 6.45) is 3.15. The highest BCUT2D eigenvalue weighted by atomic mass is 16.7. The number of aliphatic hydroxyl groups excluding tert-OH is 1. The van der Waals surface area contributed by atoms with Crippen LogP contribution in [-0.4, -0.2) is 43.6 Å². The fourth-order valence-corrected chi connectivity index (χ4v) is 3.74. The molecule has 1 aromatic carbocycles. The Morgan fingerprint density at radius 2 is 2.10 bits per heavy atom. The van der Waals surface area contributed by atoms with Gasteiger partial charge in [0.05, 0.1) is 14.2 Å². The molecule has 1 fully saturated rings. The van der Waals surface area contributed by atoms with Gasteiger partial charge in [-0.2, -0.15) is 5.06 Å². The van der Waals surface area contributed by atoms with Crippen molar-refractivity contribution in [2.24, 2.45) is 11.8 Å². The van der Waals surface area contributed by atoms with Crippen molar-refractivity contribution in [1.82, 2.24) is 5.06 Å². The number of fused-ring (bicyclic) bond motifs is 2. The average Bonchev–Trinajstić information content (AvgIpc) is 2.51. The quantitative estimate of drug-likeness (QED) is 0.912. The van der Waals surface area contributed by atoms with Crippen LogP contribution in [0.4, 0.5) is 0 Å². The zero-order chi connectivity index (χ0) is 14.1. The monoisotopic (exact) mass is 277 g/mol. The first-order chi connectivity index (χ1) is 9.75. The molecule has 1 aliphatic heterocycles. The number of nitrogens with zero attached hydrogens (tertiary/aromatic N) is 1. The summed E-state index contributed by atoms with van der Waals surface area (Å²) in [4.78, 5) is 5.55. The maximum atomic E-state index is 9.47. The second-order valence-corrected chi connectivity index (χ2v) is 5.94. The number of hydroxylamine groups is 2. The maximum absolute atomic E-state index is 9.47. The van der Waals surface area contributed by atoms with Crippen LogP contribution >= 0.6 is 0 Å². The number of hydrogen-bond acceptors (Lipinski definition) is 4. The smallest absolute Gasteiger partial charge is 0.119 e. The van der Waals surface area contributed by atoms with Crippen LogP contribution in [0, 0.1) is 11.8 Å². The summed E-state index contributed by atoms with van der Waals surface area (Å²) < 4.78 is 5.33. The minimum Gasteiger partial charge on any atom is -0.497 e. The van der Waals surface area contributed by atoms with Gasteiger partial charge in [-0.15, -0.1) is 0 Å². The summed E-state index contributed by atoms with van der Waals surface area (Å²) in [6.45, 7) is 1.08. The Balaban J connectivity index is 1.86. The van der Waals surface area contributed by atoms with E-state index in [0.29, 0.717) is 17.9 Å². The molecular formula is C16H23NO3. The van der Waals surface area contributed by atoms with Crippen LogP contribution in [0.5, 0.6) is 5.75 Å². The Hall–Kier alpha value is -1.10. The molecule has 1 aliphatic carbocycles. The molecule has 0 saturated carbocycles. The van der Waals surface area contributed by atoms with Crippen molar-refractivity contribution in [3.63, 3.8) is 0 Å². The van der Waals surface area contributed by atoms with Crippen LogP contribution < -0.4 is 4.74 Å². The number of methoxy groups -OCH3 is 1. The number of hydrogen-bond donors (Lipinski definition) is 1. The predicted molar refractivity (Wildman–Crippen MR) is 76.6 cm³/mol. The van der Waals surface area contributed by atoms with Gasteiger partial charge in [-0.3, -0.25) is 0 Å². The normalized spacial score (nSPS) is 29.6. The number of benzene rings is 1. The topological polar surface area (TPSA) is 41.9 Å². The summed E-state index contributed by atoms with van der Waals surface area (Å²) >= 11 is 0. The number of ether oxygens (including phenoxy) is 1. The van der Waals surface area contributed by atoms with Crippen LogP contribution in [0.2, 0.25) is 0 Å². The van der Waals surface area contributed by atoms with Crippen LogP contribution in [0.3, 0.4) is 0 Å². The van der Waals surface area contributed by atoms with Gasteiger partial charge in [-0.25, -0.2) is 0 Å². The van der Waals surface area contributed by atoms with Crippen molar-refractivity contribution in [3.8, 4) is 5.75 Å². The minimum absolute atomic E-state index is 0.244. The van der Waals surface area contributed by atoms with E-state index in [-0.39, 0.29) is 6.61 Å². The van der Waals surface area contributed by atoms with Gasteiger partial charge >= 0.3 is 0 Å². The molecule has 110 valence electrons. The first kappa shape index (κ1) is 13.9. The van der Waals surface area contributed by atoms with Gasteiger partial charge in [0.2, 0.25) is 0 Å². The Bertz CT molecular complexity index is 477. The zero-order valence-electron chi connectivity index (χ0n) is 12.2. The van der Waals surface area contributed by atoms with E-state index in [1.807, 2.05) is 6.07 Å². The van der Waals surface area contributed by atoms with Crippen molar-refractivity contribution >= 4 is 0 Å². The standard InChI is InChI=1S/C16H23NO3/c1-19-15-4-3-12-8-16-14(6-13(12)7-15)5-11(10-18)9-17(16)20-2/h3-4,7,11,14,16,18H,5-6,8-10H2,1-2H3. The molecule has 4 nitrogen and oxygen atoms in total. The number of rotatable bonds is 3. The summed E-state index contributed by atoms with van der Waals surface area (Å²) in [5.41, 5.74) is 2.79. The fourth-order valence-electron chi connectivity index (χ4n) is 3.74. The first-order valence-electron chi connectivity index (χ1n) is 7.32. The van der Waals surface area contributed by atoms with Crippen molar-refractivity contribution < 1.29 is 14.7 Å². The van der Waals surface area contributed by atoms with Gasteiger partial charge in [0.1, 0.15) is 5.75 Å². The van der Waals surface area contributed by atoms with Crippen LogP contribution in [0.15, 0.2) is 18.2 Å². The SMILES string of the molecule is COc1ccc2c(c1)CC1CC(CO)CN(OC)C1C2. The molecule has 1 aromatic rings. The molecule has 0 bridgehead atoms. The molecule has 20 heavy (non-hydrogen) atoms. The molecule has 3 atom stereocenters. The lowest BCUT2D eigenvalue weighted by molar-refractivity contribution is -0.204. The molecule has 1 N–H and O–H groups in total. The van der Waals surface area contributed by atoms with E-state index >= 15 is 0 Å². The molecule has 3 rings (SSSR count). The molecule has 2 aliphatic rings. The van der Waals surface area contributed by atoms with Crippen LogP contribution in [0.25, 0.3) is 0 Å². The zero-order valence-corrected chi connectivity index (χ0v) is 12.2. The van der Waals surface area contributed by atoms with E-state index in [1.54, 1.807) is 14.2 Å². The molecule has 0 spiro atoms. The van der Waals surface area contributed by atoms with E-state index in [4.69, 9.17) is 9.57 Å². The largest absolute Gasteiger partial charge is 0.497 e. The van der Waals surface area contributed by atoms with Gasteiger partial charge in [-0.05, 0) is 54.4 Å². The van der Waals surface area contributed by atoms with Gasteiger partial charge in [0.15, 0.2) is 0 Å². The molecular weight excluding hydrogens is 254 g/mol. The molecule has 0 radical (unpaired) electrons. The molecule has 1 saturated heterocycles. The lowest BCUT2D eigenvalue weighted by Gasteiger charge is -2.45. The molecule has 0 aromatic heterocycles. The average molecular weight is 277 g/mol. The van der Waals surface area contributed by atoms with E-state index in [9.17, 15) is 5.11 Å². The van der Waals surface area contributed by atoms with E-state index in [1.165, 1.54) is 11.1 Å². The Labute approximate surface area is 120 Å². The lowest BCUT2D eigenvalue weighted by atomic mass is 9.73. The van der Waals surface area contributed by atoms with E-state index in [2.05, 4.69) is 17.2 Å². The molecule has 0 amide bonds. The van der Waals surface area contributed by atoms with Crippen molar-refractivity contribution in [2.45, 2.75) is 25.3 Å². The van der Waals surface area contributed by atoms with Gasteiger partial charge < -0.3 is 14.7 Å². The third kappa shape index (κ3) is 2.43. The van der Waals surface area contributed by atoms with Crippen molar-refractivity contribution in [1.29, 1.82) is 0 Å². The minimum atomic E-state index is 0.244. The van der Waals surface area contributed by atoms with E-state index in [0.717, 1.165) is 31.6 Å². The Kier molecular flexibility index (Phi) is 3.96. The second-order valence-electron chi connectivity index (χ2n) is 5.94. The number of aliphatic hydroxyl groups is 1. The summed E-state index contributed by atoms with van der Waals surface area (Å²) in [5, 5.41) is 11.5. The van der Waals surface area contributed by atoms with Crippen molar-refractivity contribution in [3.05, 3.63) is 29.3 Å². The second kappa shape index (κ2) is 5.72. The van der Waals surface area contributed by atoms with Gasteiger partial charge in [0, 0.05) is 19.2 Å². The third-order valence-electron chi connectivity index (χ3n) is 4.81. The lowest BCUT2D eigenvalue weighted by Crippen LogP contribution is -2.52. The molecule has 1 heterocycles. The highest BCUT2D eigenvalue weighted by molar-refractivity contribution is 5.38. The molecule has 4 heteroatoms. The predicted octanol–water partition coefficient (Wildman–Crippen LogP) is 1.65. The Morgan fingerprint density at radius 1 is 1.25 bits per heavy atom. The van der Waals surface area contributed by atoms with Gasteiger partial charge in [0.25, 0.3) is 0 Å². The Morgan fingerprint density at radius 3 is 2.80 bits per heavy atom. The first-order valence-corrected chi connectivity index (χ1v) is 7.32. The number of piperidine rings is 1. The van der Waals surface area contributed by atoms with E-state index < -0.39 is 0 Å². The van der Waals surface area contributed by atoms with Crippen LogP contribution in [0.1, 0.15) is 17.5 Å². The highest BCUT2D eigenvalue weighted by Gasteiger charge is 2.39. The van der Waals surface area contributed by atoms with Crippen molar-refractivity contribution in [2.75, 3.05) is 27.4 Å². The maximum Gasteiger partial charge on any atom is 0.119 e. The highest BCUT2D eigenvalue weighted by Crippen LogP contribution is 2.38. The summed E-state index contributed by atoms with van der Waals surface area (Å²) in [5.74, 6) is 1.81. The molecule has 3 unspecified atom stereocenters. The van der Waals surface area contributed by atoms with Crippen LogP contribution in [-0.2, 0) is 17.7 Å². The summed E-state index contributed by atoms with van der Waals surface area (Å²) in [7, 11) is 3.45. The van der Waals surface area contributed by atoms with Gasteiger partial charge in [-0.1, -0.05) is 6.07 Å².